The van der Waals surface area contributed by atoms with Crippen molar-refractivity contribution >= 4 is 5.78 Å². The van der Waals surface area contributed by atoms with Gasteiger partial charge in [0.15, 0.2) is 5.78 Å². The lowest BCUT2D eigenvalue weighted by Gasteiger charge is -2.39. The Morgan fingerprint density at radius 3 is 2.38 bits per heavy atom. The van der Waals surface area contributed by atoms with Gasteiger partial charge in [-0.05, 0) is 24.3 Å². The maximum Gasteiger partial charge on any atom is 0.242 e. The number of carbonyl (C=O) groups is 1. The molecule has 11 heteroatoms. The Bertz CT molecular complexity index is 1010. The molecule has 2 aromatic carbocycles. The van der Waals surface area contributed by atoms with Crippen molar-refractivity contribution in [3.63, 3.8) is 0 Å². The van der Waals surface area contributed by atoms with Crippen LogP contribution in [0.1, 0.15) is 22.3 Å². The third kappa shape index (κ3) is 3.86. The van der Waals surface area contributed by atoms with Crippen LogP contribution in [0.3, 0.4) is 0 Å². The summed E-state index contributed by atoms with van der Waals surface area (Å²) in [6, 6.07) is 7.62. The number of carbonyl (C=O) groups excluding carboxylic acids is 1. The number of aliphatic hydroxyl groups is 5. The van der Waals surface area contributed by atoms with Gasteiger partial charge < -0.3 is 50.0 Å². The van der Waals surface area contributed by atoms with Crippen LogP contribution in [0.5, 0.6) is 23.0 Å². The zero-order valence-electron chi connectivity index (χ0n) is 16.5. The van der Waals surface area contributed by atoms with Crippen molar-refractivity contribution in [2.45, 2.75) is 42.9 Å². The Kier molecular flexibility index (Phi) is 5.71. The molecule has 6 atom stereocenters. The highest BCUT2D eigenvalue weighted by Crippen LogP contribution is 2.44. The van der Waals surface area contributed by atoms with E-state index in [1.807, 2.05) is 0 Å². The molecular formula is C21H22O11. The highest BCUT2D eigenvalue weighted by Gasteiger charge is 2.46. The Morgan fingerprint density at radius 2 is 1.72 bits per heavy atom. The Balaban J connectivity index is 1.63. The summed E-state index contributed by atoms with van der Waals surface area (Å²) in [5.74, 6) is -3.61. The van der Waals surface area contributed by atoms with Gasteiger partial charge in [0.2, 0.25) is 12.1 Å². The molecule has 2 aliphatic rings. The fraction of sp³-hybridized carbons (Fsp3) is 0.381. The minimum Gasteiger partial charge on any atom is -0.508 e. The van der Waals surface area contributed by atoms with Gasteiger partial charge >= 0.3 is 0 Å². The monoisotopic (exact) mass is 450 g/mol. The first-order valence-electron chi connectivity index (χ1n) is 9.71. The third-order valence-corrected chi connectivity index (χ3v) is 5.43. The second kappa shape index (κ2) is 8.20. The van der Waals surface area contributed by atoms with Crippen LogP contribution >= 0.6 is 0 Å². The standard InChI is InChI=1S/C21H22O11/c22-8-15-17(26)18(27)19(28)20(31-15)30-11-5-12(24)16-13(25)7-21(29,32-14(16)6-11)9-1-3-10(23)4-2-9/h1-6,15,17-20,22-24,26-29H,7-8H2/t15?,17-,18+,19?,20-,21?/m1/s1. The summed E-state index contributed by atoms with van der Waals surface area (Å²) in [6.45, 7) is -0.655. The number of benzene rings is 2. The molecule has 1 saturated heterocycles. The van der Waals surface area contributed by atoms with Crippen molar-refractivity contribution in [1.29, 1.82) is 0 Å². The van der Waals surface area contributed by atoms with Crippen LogP contribution in [-0.4, -0.2) is 78.8 Å². The molecule has 0 aromatic heterocycles. The Morgan fingerprint density at radius 1 is 1.03 bits per heavy atom. The van der Waals surface area contributed by atoms with Crippen molar-refractivity contribution in [2.75, 3.05) is 6.61 Å². The van der Waals surface area contributed by atoms with Crippen molar-refractivity contribution < 1.29 is 54.8 Å². The first kappa shape index (κ1) is 22.3. The van der Waals surface area contributed by atoms with Gasteiger partial charge in [-0.1, -0.05) is 0 Å². The fourth-order valence-corrected chi connectivity index (χ4v) is 3.71. The molecule has 0 saturated carbocycles. The molecule has 2 aliphatic heterocycles. The number of ketones is 1. The summed E-state index contributed by atoms with van der Waals surface area (Å²) in [4.78, 5) is 12.6. The molecule has 1 fully saturated rings. The van der Waals surface area contributed by atoms with Crippen molar-refractivity contribution in [1.82, 2.24) is 0 Å². The van der Waals surface area contributed by atoms with Crippen LogP contribution in [0.2, 0.25) is 0 Å². The summed E-state index contributed by atoms with van der Waals surface area (Å²) in [7, 11) is 0. The summed E-state index contributed by atoms with van der Waals surface area (Å²) < 4.78 is 16.4. The average Bonchev–Trinajstić information content (AvgIpc) is 2.73. The predicted molar refractivity (Wildman–Crippen MR) is 104 cm³/mol. The maximum atomic E-state index is 12.6. The molecule has 2 aromatic rings. The van der Waals surface area contributed by atoms with Crippen molar-refractivity contribution in [3.05, 3.63) is 47.5 Å². The smallest absolute Gasteiger partial charge is 0.242 e. The summed E-state index contributed by atoms with van der Waals surface area (Å²) in [6.07, 6.45) is -8.17. The third-order valence-electron chi connectivity index (χ3n) is 5.43. The molecule has 0 bridgehead atoms. The van der Waals surface area contributed by atoms with Gasteiger partial charge in [0.25, 0.3) is 0 Å². The minimum atomic E-state index is -2.08. The van der Waals surface area contributed by atoms with E-state index in [9.17, 15) is 40.5 Å². The molecule has 0 aliphatic carbocycles. The Hall–Kier alpha value is -2.93. The first-order valence-corrected chi connectivity index (χ1v) is 9.71. The molecule has 4 rings (SSSR count). The summed E-state index contributed by atoms with van der Waals surface area (Å²) in [5, 5.41) is 69.9. The van der Waals surface area contributed by atoms with E-state index in [0.717, 1.165) is 6.07 Å². The Labute approximate surface area is 181 Å². The van der Waals surface area contributed by atoms with E-state index in [-0.39, 0.29) is 28.4 Å². The van der Waals surface area contributed by atoms with Crippen molar-refractivity contribution in [3.8, 4) is 23.0 Å². The molecular weight excluding hydrogens is 428 g/mol. The lowest BCUT2D eigenvalue weighted by atomic mass is 9.92. The number of phenolic OH excluding ortho intramolecular Hbond substituents is 2. The number of rotatable bonds is 4. The largest absolute Gasteiger partial charge is 0.508 e. The van der Waals surface area contributed by atoms with Gasteiger partial charge in [-0.3, -0.25) is 4.79 Å². The van der Waals surface area contributed by atoms with Crippen LogP contribution in [0, 0.1) is 0 Å². The number of hydrogen-bond acceptors (Lipinski definition) is 11. The van der Waals surface area contributed by atoms with E-state index in [0.29, 0.717) is 0 Å². The number of ether oxygens (including phenoxy) is 3. The van der Waals surface area contributed by atoms with E-state index in [2.05, 4.69) is 0 Å². The summed E-state index contributed by atoms with van der Waals surface area (Å²) in [5.41, 5.74) is 0.00338. The summed E-state index contributed by atoms with van der Waals surface area (Å²) >= 11 is 0. The van der Waals surface area contributed by atoms with E-state index in [1.54, 1.807) is 0 Å². The van der Waals surface area contributed by atoms with Crippen molar-refractivity contribution in [2.24, 2.45) is 0 Å². The fourth-order valence-electron chi connectivity index (χ4n) is 3.71. The van der Waals surface area contributed by atoms with E-state index < -0.39 is 61.1 Å². The molecule has 0 amide bonds. The number of hydrogen-bond donors (Lipinski definition) is 7. The highest BCUT2D eigenvalue weighted by molar-refractivity contribution is 6.03. The second-order valence-electron chi connectivity index (χ2n) is 7.66. The van der Waals surface area contributed by atoms with Gasteiger partial charge in [-0.2, -0.15) is 0 Å². The van der Waals surface area contributed by atoms with Crippen LogP contribution in [0.4, 0.5) is 0 Å². The molecule has 32 heavy (non-hydrogen) atoms. The van der Waals surface area contributed by atoms with E-state index >= 15 is 0 Å². The molecule has 3 unspecified atom stereocenters. The predicted octanol–water partition coefficient (Wildman–Crippen LogP) is -0.913. The number of fused-ring (bicyclic) bond motifs is 1. The van der Waals surface area contributed by atoms with Crippen LogP contribution in [0.15, 0.2) is 36.4 Å². The zero-order chi connectivity index (χ0) is 23.2. The first-order chi connectivity index (χ1) is 15.1. The topological polar surface area (TPSA) is 186 Å². The quantitative estimate of drug-likeness (QED) is 0.306. The van der Waals surface area contributed by atoms with E-state index in [1.165, 1.54) is 30.3 Å². The lowest BCUT2D eigenvalue weighted by Crippen LogP contribution is -2.60. The van der Waals surface area contributed by atoms with Gasteiger partial charge in [-0.25, -0.2) is 0 Å². The average molecular weight is 450 g/mol. The molecule has 7 N–H and O–H groups in total. The van der Waals surface area contributed by atoms with Gasteiger partial charge in [0.1, 0.15) is 53.0 Å². The molecule has 0 spiro atoms. The maximum absolute atomic E-state index is 12.6. The van der Waals surface area contributed by atoms with Gasteiger partial charge in [-0.15, -0.1) is 0 Å². The van der Waals surface area contributed by atoms with Gasteiger partial charge in [0.05, 0.1) is 13.0 Å². The van der Waals surface area contributed by atoms with Gasteiger partial charge in [0, 0.05) is 17.7 Å². The number of Topliss-reactive ketones (excluding diaryl/α,β-unsaturated/α-hetero) is 1. The molecule has 0 radical (unpaired) electrons. The van der Waals surface area contributed by atoms with Crippen LogP contribution in [0.25, 0.3) is 0 Å². The molecule has 11 nitrogen and oxygen atoms in total. The minimum absolute atomic E-state index is 0.0484. The number of phenols is 2. The van der Waals surface area contributed by atoms with Crippen LogP contribution in [-0.2, 0) is 10.5 Å². The van der Waals surface area contributed by atoms with E-state index in [4.69, 9.17) is 14.2 Å². The second-order valence-corrected chi connectivity index (χ2v) is 7.66. The number of aromatic hydroxyl groups is 2. The molecule has 2 heterocycles. The molecule has 172 valence electrons. The van der Waals surface area contributed by atoms with Crippen LogP contribution < -0.4 is 9.47 Å². The lowest BCUT2D eigenvalue weighted by molar-refractivity contribution is -0.277. The number of aliphatic hydroxyl groups excluding tert-OH is 4. The highest BCUT2D eigenvalue weighted by atomic mass is 16.7. The SMILES string of the molecule is O=C1CC(O)(c2ccc(O)cc2)Oc2cc(O[C@@H]3OC(CO)[C@@H](O)[C@H](O)C3O)cc(O)c21. The normalized spacial score (nSPS) is 32.2. The zero-order valence-corrected chi connectivity index (χ0v) is 16.5.